The standard InChI is InChI=1S/C20H24N2O4S/c1-3-4-11-22-18(24)14-10-9-13(19(25)26-2)12-15(14)21-20(22)27-17-8-6-5-7-16(17)23/h9-10,12,17H,3-8,11H2,1-2H3/t17-/m1/s1. The van der Waals surface area contributed by atoms with E-state index in [9.17, 15) is 14.4 Å². The number of carbonyl (C=O) groups is 2. The van der Waals surface area contributed by atoms with Crippen LogP contribution in [0.2, 0.25) is 0 Å². The molecule has 0 aliphatic heterocycles. The first-order valence-corrected chi connectivity index (χ1v) is 10.3. The molecule has 0 unspecified atom stereocenters. The Hall–Kier alpha value is -2.15. The summed E-state index contributed by atoms with van der Waals surface area (Å²) < 4.78 is 6.43. The lowest BCUT2D eigenvalue weighted by atomic mass is 9.99. The monoisotopic (exact) mass is 388 g/mol. The van der Waals surface area contributed by atoms with Crippen molar-refractivity contribution in [2.24, 2.45) is 0 Å². The van der Waals surface area contributed by atoms with Gasteiger partial charge in [-0.2, -0.15) is 0 Å². The molecule has 0 N–H and O–H groups in total. The molecule has 3 rings (SSSR count). The minimum absolute atomic E-state index is 0.129. The number of esters is 1. The van der Waals surface area contributed by atoms with Gasteiger partial charge >= 0.3 is 5.97 Å². The van der Waals surface area contributed by atoms with Gasteiger partial charge in [-0.1, -0.05) is 31.5 Å². The summed E-state index contributed by atoms with van der Waals surface area (Å²) in [6, 6.07) is 4.79. The van der Waals surface area contributed by atoms with Crippen molar-refractivity contribution in [2.45, 2.75) is 62.4 Å². The van der Waals surface area contributed by atoms with Crippen LogP contribution in [0.15, 0.2) is 28.2 Å². The molecule has 6 nitrogen and oxygen atoms in total. The highest BCUT2D eigenvalue weighted by Crippen LogP contribution is 2.31. The third-order valence-electron chi connectivity index (χ3n) is 4.82. The van der Waals surface area contributed by atoms with Crippen LogP contribution < -0.4 is 5.56 Å². The first-order valence-electron chi connectivity index (χ1n) is 9.37. The minimum Gasteiger partial charge on any atom is -0.465 e. The number of carbonyl (C=O) groups excluding carboxylic acids is 2. The van der Waals surface area contributed by atoms with Crippen LogP contribution in [0, 0.1) is 0 Å². The molecule has 1 aromatic carbocycles. The zero-order valence-corrected chi connectivity index (χ0v) is 16.5. The van der Waals surface area contributed by atoms with Crippen molar-refractivity contribution in [2.75, 3.05) is 7.11 Å². The lowest BCUT2D eigenvalue weighted by Gasteiger charge is -2.21. The molecule has 0 spiro atoms. The number of fused-ring (bicyclic) bond motifs is 1. The summed E-state index contributed by atoms with van der Waals surface area (Å²) in [7, 11) is 1.32. The summed E-state index contributed by atoms with van der Waals surface area (Å²) in [6.45, 7) is 2.64. The Kier molecular flexibility index (Phi) is 6.31. The van der Waals surface area contributed by atoms with Crippen molar-refractivity contribution < 1.29 is 14.3 Å². The maximum Gasteiger partial charge on any atom is 0.337 e. The number of thioether (sulfide) groups is 1. The van der Waals surface area contributed by atoms with Gasteiger partial charge in [0.25, 0.3) is 5.56 Å². The molecule has 0 saturated heterocycles. The van der Waals surface area contributed by atoms with Crippen LogP contribution in [-0.4, -0.2) is 33.7 Å². The molecule has 1 saturated carbocycles. The molecule has 1 aliphatic carbocycles. The molecule has 1 heterocycles. The number of nitrogens with zero attached hydrogens (tertiary/aromatic N) is 2. The zero-order valence-electron chi connectivity index (χ0n) is 15.7. The Bertz CT molecular complexity index is 922. The van der Waals surface area contributed by atoms with Crippen LogP contribution in [-0.2, 0) is 16.1 Å². The number of methoxy groups -OCH3 is 1. The highest BCUT2D eigenvalue weighted by Gasteiger charge is 2.25. The van der Waals surface area contributed by atoms with Gasteiger partial charge in [-0.05, 0) is 37.5 Å². The van der Waals surface area contributed by atoms with Gasteiger partial charge in [0.2, 0.25) is 0 Å². The maximum atomic E-state index is 13.0. The first-order chi connectivity index (χ1) is 13.0. The summed E-state index contributed by atoms with van der Waals surface area (Å²) in [4.78, 5) is 41.8. The minimum atomic E-state index is -0.467. The number of hydrogen-bond acceptors (Lipinski definition) is 6. The van der Waals surface area contributed by atoms with Gasteiger partial charge in [-0.3, -0.25) is 14.2 Å². The number of rotatable bonds is 6. The lowest BCUT2D eigenvalue weighted by Crippen LogP contribution is -2.27. The Labute approximate surface area is 162 Å². The molecule has 0 amide bonds. The van der Waals surface area contributed by atoms with E-state index < -0.39 is 5.97 Å². The fraction of sp³-hybridized carbons (Fsp3) is 0.500. The number of Topliss-reactive ketones (excluding diaryl/α,β-unsaturated/α-hetero) is 1. The molecule has 2 aromatic rings. The van der Waals surface area contributed by atoms with E-state index in [1.165, 1.54) is 18.9 Å². The second-order valence-electron chi connectivity index (χ2n) is 6.75. The van der Waals surface area contributed by atoms with Crippen molar-refractivity contribution in [3.63, 3.8) is 0 Å². The lowest BCUT2D eigenvalue weighted by molar-refractivity contribution is -0.119. The van der Waals surface area contributed by atoms with E-state index in [4.69, 9.17) is 4.74 Å². The van der Waals surface area contributed by atoms with Crippen LogP contribution >= 0.6 is 11.8 Å². The normalized spacial score (nSPS) is 17.3. The van der Waals surface area contributed by atoms with Crippen molar-refractivity contribution >= 4 is 34.4 Å². The number of ketones is 1. The van der Waals surface area contributed by atoms with Crippen molar-refractivity contribution in [3.05, 3.63) is 34.1 Å². The van der Waals surface area contributed by atoms with Crippen molar-refractivity contribution in [3.8, 4) is 0 Å². The largest absolute Gasteiger partial charge is 0.465 e. The van der Waals surface area contributed by atoms with E-state index in [1.54, 1.807) is 22.8 Å². The Morgan fingerprint density at radius 3 is 2.85 bits per heavy atom. The number of aromatic nitrogens is 2. The van der Waals surface area contributed by atoms with Crippen LogP contribution in [0.5, 0.6) is 0 Å². The van der Waals surface area contributed by atoms with Gasteiger partial charge in [0.15, 0.2) is 5.16 Å². The Morgan fingerprint density at radius 2 is 2.15 bits per heavy atom. The van der Waals surface area contributed by atoms with Crippen LogP contribution in [0.4, 0.5) is 0 Å². The smallest absolute Gasteiger partial charge is 0.337 e. The maximum absolute atomic E-state index is 13.0. The third-order valence-corrected chi connectivity index (χ3v) is 6.13. The van der Waals surface area contributed by atoms with E-state index in [-0.39, 0.29) is 16.6 Å². The fourth-order valence-corrected chi connectivity index (χ4v) is 4.49. The highest BCUT2D eigenvalue weighted by atomic mass is 32.2. The molecule has 1 aliphatic rings. The summed E-state index contributed by atoms with van der Waals surface area (Å²) in [5.74, 6) is -0.239. The summed E-state index contributed by atoms with van der Waals surface area (Å²) in [6.07, 6.45) is 5.18. The van der Waals surface area contributed by atoms with E-state index in [2.05, 4.69) is 11.9 Å². The SMILES string of the molecule is CCCCn1c(S[C@@H]2CCCCC2=O)nc2cc(C(=O)OC)ccc2c1=O. The summed E-state index contributed by atoms with van der Waals surface area (Å²) >= 11 is 1.38. The quantitative estimate of drug-likeness (QED) is 0.556. The molecule has 27 heavy (non-hydrogen) atoms. The van der Waals surface area contributed by atoms with E-state index in [1.807, 2.05) is 0 Å². The predicted molar refractivity (Wildman–Crippen MR) is 105 cm³/mol. The average molecular weight is 388 g/mol. The molecule has 0 bridgehead atoms. The second kappa shape index (κ2) is 8.69. The van der Waals surface area contributed by atoms with Gasteiger partial charge in [0.1, 0.15) is 5.78 Å². The first kappa shape index (κ1) is 19.6. The molecule has 7 heteroatoms. The highest BCUT2D eigenvalue weighted by molar-refractivity contribution is 8.00. The molecule has 0 radical (unpaired) electrons. The molecule has 1 aromatic heterocycles. The van der Waals surface area contributed by atoms with Gasteiger partial charge < -0.3 is 4.74 Å². The fourth-order valence-electron chi connectivity index (χ4n) is 3.25. The number of ether oxygens (including phenoxy) is 1. The number of benzene rings is 1. The Morgan fingerprint density at radius 1 is 1.33 bits per heavy atom. The van der Waals surface area contributed by atoms with Crippen LogP contribution in [0.3, 0.4) is 0 Å². The van der Waals surface area contributed by atoms with E-state index in [0.29, 0.717) is 34.6 Å². The molecule has 1 fully saturated rings. The van der Waals surface area contributed by atoms with Gasteiger partial charge in [0, 0.05) is 13.0 Å². The van der Waals surface area contributed by atoms with E-state index >= 15 is 0 Å². The zero-order chi connectivity index (χ0) is 19.4. The molecule has 144 valence electrons. The van der Waals surface area contributed by atoms with Crippen molar-refractivity contribution in [1.82, 2.24) is 9.55 Å². The topological polar surface area (TPSA) is 78.3 Å². The Balaban J connectivity index is 2.07. The molecular formula is C20H24N2O4S. The van der Waals surface area contributed by atoms with Gasteiger partial charge in [-0.25, -0.2) is 9.78 Å². The van der Waals surface area contributed by atoms with E-state index in [0.717, 1.165) is 32.1 Å². The van der Waals surface area contributed by atoms with Crippen molar-refractivity contribution in [1.29, 1.82) is 0 Å². The summed E-state index contributed by atoms with van der Waals surface area (Å²) in [5.41, 5.74) is 0.685. The predicted octanol–water partition coefficient (Wildman–Crippen LogP) is 3.59. The van der Waals surface area contributed by atoms with Crippen LogP contribution in [0.1, 0.15) is 55.8 Å². The number of hydrogen-bond donors (Lipinski definition) is 0. The molecule has 1 atom stereocenters. The number of unbranched alkanes of at least 4 members (excludes halogenated alkanes) is 1. The van der Waals surface area contributed by atoms with Crippen LogP contribution in [0.25, 0.3) is 10.9 Å². The molecular weight excluding hydrogens is 364 g/mol. The van der Waals surface area contributed by atoms with Gasteiger partial charge in [-0.15, -0.1) is 0 Å². The summed E-state index contributed by atoms with van der Waals surface area (Å²) in [5, 5.41) is 0.876. The average Bonchev–Trinajstić information content (AvgIpc) is 2.68. The van der Waals surface area contributed by atoms with Gasteiger partial charge in [0.05, 0.1) is 28.8 Å². The second-order valence-corrected chi connectivity index (χ2v) is 7.92. The third kappa shape index (κ3) is 4.24.